The van der Waals surface area contributed by atoms with Gasteiger partial charge in [0.15, 0.2) is 0 Å². The number of amides is 1. The molecule has 0 radical (unpaired) electrons. The number of benzene rings is 3. The van der Waals surface area contributed by atoms with E-state index < -0.39 is 0 Å². The van der Waals surface area contributed by atoms with Crippen LogP contribution in [-0.2, 0) is 4.79 Å². The highest BCUT2D eigenvalue weighted by molar-refractivity contribution is 6.06. The minimum absolute atomic E-state index is 0.290. The Morgan fingerprint density at radius 1 is 1.00 bits per heavy atom. The van der Waals surface area contributed by atoms with Crippen LogP contribution in [0.1, 0.15) is 19.4 Å². The van der Waals surface area contributed by atoms with Gasteiger partial charge < -0.3 is 23.9 Å². The number of nitrogens with one attached hydrogen (secondary N) is 1. The number of furan rings is 1. The van der Waals surface area contributed by atoms with Crippen LogP contribution < -0.4 is 19.5 Å². The second-order valence-electron chi connectivity index (χ2n) is 7.68. The maximum Gasteiger partial charge on any atom is 0.248 e. The Morgan fingerprint density at radius 3 is 2.50 bits per heavy atom. The molecule has 1 aromatic heterocycles. The van der Waals surface area contributed by atoms with Crippen molar-refractivity contribution in [1.29, 1.82) is 0 Å². The molecule has 1 heterocycles. The van der Waals surface area contributed by atoms with Gasteiger partial charge in [0, 0.05) is 34.7 Å². The molecule has 4 aromatic rings. The first-order valence-electron chi connectivity index (χ1n) is 11.0. The maximum absolute atomic E-state index is 12.9. The first-order valence-corrected chi connectivity index (χ1v) is 11.0. The summed E-state index contributed by atoms with van der Waals surface area (Å²) in [5, 5.41) is 3.83. The molecule has 0 aliphatic carbocycles. The van der Waals surface area contributed by atoms with Crippen LogP contribution in [0.2, 0.25) is 0 Å². The molecule has 4 rings (SSSR count). The van der Waals surface area contributed by atoms with Crippen LogP contribution in [0.5, 0.6) is 17.2 Å². The van der Waals surface area contributed by atoms with Crippen molar-refractivity contribution in [3.63, 3.8) is 0 Å². The molecular weight excluding hydrogens is 430 g/mol. The number of fused-ring (bicyclic) bond motifs is 1. The summed E-state index contributed by atoms with van der Waals surface area (Å²) in [6.07, 6.45) is 3.30. The number of hydrogen-bond acceptors (Lipinski definition) is 5. The second kappa shape index (κ2) is 10.2. The number of allylic oxidation sites excluding steroid dienone is 1. The number of carbonyl (C=O) groups excluding carboxylic acids is 1. The van der Waals surface area contributed by atoms with E-state index in [1.165, 1.54) is 0 Å². The third-order valence-electron chi connectivity index (χ3n) is 5.50. The Hall–Kier alpha value is -4.19. The van der Waals surface area contributed by atoms with Gasteiger partial charge in [0.1, 0.15) is 22.8 Å². The van der Waals surface area contributed by atoms with E-state index in [-0.39, 0.29) is 5.91 Å². The van der Waals surface area contributed by atoms with Crippen molar-refractivity contribution in [2.24, 2.45) is 0 Å². The van der Waals surface area contributed by atoms with Crippen LogP contribution in [0.4, 0.5) is 5.69 Å². The van der Waals surface area contributed by atoms with Crippen molar-refractivity contribution in [1.82, 2.24) is 0 Å². The van der Waals surface area contributed by atoms with Crippen molar-refractivity contribution in [3.05, 3.63) is 78.6 Å². The molecule has 1 amide bonds. The average Bonchev–Trinajstić information content (AvgIpc) is 3.27. The Kier molecular flexibility index (Phi) is 6.87. The van der Waals surface area contributed by atoms with E-state index in [0.717, 1.165) is 33.2 Å². The molecule has 0 fully saturated rings. The second-order valence-corrected chi connectivity index (χ2v) is 7.68. The summed E-state index contributed by atoms with van der Waals surface area (Å²) in [4.78, 5) is 12.9. The molecule has 0 aliphatic rings. The Balaban J connectivity index is 1.71. The van der Waals surface area contributed by atoms with Crippen LogP contribution in [-0.4, -0.2) is 26.7 Å². The van der Waals surface area contributed by atoms with Gasteiger partial charge in [-0.3, -0.25) is 4.79 Å². The fraction of sp³-hybridized carbons (Fsp3) is 0.179. The molecule has 0 saturated heterocycles. The average molecular weight is 458 g/mol. The van der Waals surface area contributed by atoms with Crippen molar-refractivity contribution in [2.75, 3.05) is 26.1 Å². The van der Waals surface area contributed by atoms with Gasteiger partial charge in [-0.2, -0.15) is 0 Å². The van der Waals surface area contributed by atoms with E-state index >= 15 is 0 Å². The largest absolute Gasteiger partial charge is 0.497 e. The predicted octanol–water partition coefficient (Wildman–Crippen LogP) is 6.56. The van der Waals surface area contributed by atoms with Crippen LogP contribution >= 0.6 is 0 Å². The summed E-state index contributed by atoms with van der Waals surface area (Å²) in [7, 11) is 3.12. The SMILES string of the molecule is CCOc1cc2occ(-c3ccccc3)c2cc1/C(C)=C/C(=O)Nc1cc(OC)ccc1OC. The quantitative estimate of drug-likeness (QED) is 0.304. The van der Waals surface area contributed by atoms with E-state index in [4.69, 9.17) is 18.6 Å². The monoisotopic (exact) mass is 457 g/mol. The molecule has 0 aliphatic heterocycles. The Morgan fingerprint density at radius 2 is 1.79 bits per heavy atom. The fourth-order valence-electron chi connectivity index (χ4n) is 3.83. The number of methoxy groups -OCH3 is 2. The van der Waals surface area contributed by atoms with Crippen molar-refractivity contribution >= 4 is 28.1 Å². The summed E-state index contributed by atoms with van der Waals surface area (Å²) in [5.74, 6) is 1.53. The van der Waals surface area contributed by atoms with Gasteiger partial charge in [0.05, 0.1) is 32.8 Å². The highest BCUT2D eigenvalue weighted by Gasteiger charge is 2.16. The minimum atomic E-state index is -0.290. The van der Waals surface area contributed by atoms with Gasteiger partial charge in [-0.15, -0.1) is 0 Å². The topological polar surface area (TPSA) is 69.9 Å². The summed E-state index contributed by atoms with van der Waals surface area (Å²) in [5.41, 5.74) is 4.87. The molecule has 34 heavy (non-hydrogen) atoms. The van der Waals surface area contributed by atoms with Gasteiger partial charge in [0.25, 0.3) is 0 Å². The molecule has 0 atom stereocenters. The summed E-state index contributed by atoms with van der Waals surface area (Å²) in [6.45, 7) is 4.30. The molecule has 6 heteroatoms. The van der Waals surface area contributed by atoms with E-state index in [1.54, 1.807) is 44.8 Å². The zero-order valence-corrected chi connectivity index (χ0v) is 19.7. The number of anilines is 1. The highest BCUT2D eigenvalue weighted by atomic mass is 16.5. The van der Waals surface area contributed by atoms with Crippen molar-refractivity contribution < 1.29 is 23.4 Å². The van der Waals surface area contributed by atoms with Crippen molar-refractivity contribution in [3.8, 4) is 28.4 Å². The molecule has 0 saturated carbocycles. The predicted molar refractivity (Wildman–Crippen MR) is 135 cm³/mol. The van der Waals surface area contributed by atoms with Crippen LogP contribution in [0.25, 0.3) is 27.7 Å². The van der Waals surface area contributed by atoms with E-state index in [2.05, 4.69) is 5.32 Å². The standard InChI is InChI=1S/C28H27NO5/c1-5-33-26-16-27-22(23(17-34-27)19-9-7-6-8-10-19)15-21(26)18(2)13-28(30)29-24-14-20(31-3)11-12-25(24)32-4/h6-17H,5H2,1-4H3,(H,29,30)/b18-13+. The van der Waals surface area contributed by atoms with Gasteiger partial charge in [-0.25, -0.2) is 0 Å². The third-order valence-corrected chi connectivity index (χ3v) is 5.50. The smallest absolute Gasteiger partial charge is 0.248 e. The van der Waals surface area contributed by atoms with Crippen molar-refractivity contribution in [2.45, 2.75) is 13.8 Å². The number of rotatable bonds is 8. The lowest BCUT2D eigenvalue weighted by Crippen LogP contribution is -2.10. The molecule has 1 N–H and O–H groups in total. The van der Waals surface area contributed by atoms with Crippen LogP contribution in [0.3, 0.4) is 0 Å². The summed E-state index contributed by atoms with van der Waals surface area (Å²) < 4.78 is 22.3. The first-order chi connectivity index (χ1) is 16.5. The minimum Gasteiger partial charge on any atom is -0.497 e. The number of carbonyl (C=O) groups is 1. The molecule has 0 bridgehead atoms. The van der Waals surface area contributed by atoms with E-state index in [9.17, 15) is 4.79 Å². The summed E-state index contributed by atoms with van der Waals surface area (Å²) in [6, 6.07) is 19.2. The zero-order valence-electron chi connectivity index (χ0n) is 19.7. The lowest BCUT2D eigenvalue weighted by Gasteiger charge is -2.13. The van der Waals surface area contributed by atoms with Crippen LogP contribution in [0.15, 0.2) is 77.4 Å². The molecular formula is C28H27NO5. The molecule has 0 spiro atoms. The van der Waals surface area contributed by atoms with Gasteiger partial charge in [0.2, 0.25) is 5.91 Å². The summed E-state index contributed by atoms with van der Waals surface area (Å²) >= 11 is 0. The number of ether oxygens (including phenoxy) is 3. The zero-order chi connectivity index (χ0) is 24.1. The lowest BCUT2D eigenvalue weighted by molar-refractivity contribution is -0.111. The Labute approximate surface area is 198 Å². The van der Waals surface area contributed by atoms with E-state index in [0.29, 0.717) is 29.5 Å². The molecule has 174 valence electrons. The molecule has 3 aromatic carbocycles. The van der Waals surface area contributed by atoms with Gasteiger partial charge in [-0.05, 0) is 43.2 Å². The maximum atomic E-state index is 12.9. The van der Waals surface area contributed by atoms with E-state index in [1.807, 2.05) is 56.3 Å². The normalized spacial score (nSPS) is 11.4. The highest BCUT2D eigenvalue weighted by Crippen LogP contribution is 2.37. The lowest BCUT2D eigenvalue weighted by atomic mass is 9.99. The molecule has 6 nitrogen and oxygen atoms in total. The van der Waals surface area contributed by atoms with Gasteiger partial charge >= 0.3 is 0 Å². The van der Waals surface area contributed by atoms with Crippen LogP contribution in [0, 0.1) is 0 Å². The van der Waals surface area contributed by atoms with Gasteiger partial charge in [-0.1, -0.05) is 30.3 Å². The number of hydrogen-bond donors (Lipinski definition) is 1. The Bertz CT molecular complexity index is 1340. The molecule has 0 unspecified atom stereocenters. The first kappa shape index (κ1) is 23.0. The fourth-order valence-corrected chi connectivity index (χ4v) is 3.83. The third kappa shape index (κ3) is 4.76.